The molecule has 30 heavy (non-hydrogen) atoms. The average Bonchev–Trinajstić information content (AvgIpc) is 3.28. The molecule has 1 unspecified atom stereocenters. The summed E-state index contributed by atoms with van der Waals surface area (Å²) in [5.41, 5.74) is 3.60. The van der Waals surface area contributed by atoms with Crippen molar-refractivity contribution in [2.75, 3.05) is 33.0 Å². The molecule has 0 radical (unpaired) electrons. The third kappa shape index (κ3) is 4.13. The Morgan fingerprint density at radius 1 is 0.833 bits per heavy atom. The highest BCUT2D eigenvalue weighted by Crippen LogP contribution is 2.38. The summed E-state index contributed by atoms with van der Waals surface area (Å²) in [5.74, 6) is 2.53. The minimum absolute atomic E-state index is 0.141. The van der Waals surface area contributed by atoms with Crippen LogP contribution in [0, 0.1) is 0 Å². The SMILES string of the molecule is c1ccc(COc2cccc(C(c3ccc4c(c3)OCO4)N3CCNCC3)c2)cc1. The number of fused-ring (bicyclic) bond motifs is 1. The van der Waals surface area contributed by atoms with Gasteiger partial charge in [0.15, 0.2) is 11.5 Å². The van der Waals surface area contributed by atoms with E-state index in [1.54, 1.807) is 0 Å². The molecule has 0 aliphatic carbocycles. The van der Waals surface area contributed by atoms with Crippen LogP contribution >= 0.6 is 0 Å². The number of benzene rings is 3. The van der Waals surface area contributed by atoms with Crippen LogP contribution in [0.4, 0.5) is 0 Å². The van der Waals surface area contributed by atoms with E-state index in [1.165, 1.54) is 11.1 Å². The fourth-order valence-electron chi connectivity index (χ4n) is 4.15. The van der Waals surface area contributed by atoms with Crippen molar-refractivity contribution in [1.29, 1.82) is 0 Å². The first-order valence-electron chi connectivity index (χ1n) is 10.5. The van der Waals surface area contributed by atoms with E-state index in [-0.39, 0.29) is 6.04 Å². The van der Waals surface area contributed by atoms with Gasteiger partial charge in [-0.1, -0.05) is 48.5 Å². The molecule has 1 N–H and O–H groups in total. The van der Waals surface area contributed by atoms with E-state index in [1.807, 2.05) is 30.3 Å². The molecule has 3 aromatic rings. The van der Waals surface area contributed by atoms with Gasteiger partial charge in [0.05, 0.1) is 6.04 Å². The molecule has 0 spiro atoms. The molecule has 5 heteroatoms. The fourth-order valence-corrected chi connectivity index (χ4v) is 4.15. The summed E-state index contributed by atoms with van der Waals surface area (Å²) in [6, 6.07) is 25.2. The summed E-state index contributed by atoms with van der Waals surface area (Å²) in [6.45, 7) is 4.82. The van der Waals surface area contributed by atoms with Crippen LogP contribution in [0.3, 0.4) is 0 Å². The van der Waals surface area contributed by atoms with Crippen LogP contribution in [0.2, 0.25) is 0 Å². The Kier molecular flexibility index (Phi) is 5.55. The van der Waals surface area contributed by atoms with Crippen LogP contribution in [-0.4, -0.2) is 37.9 Å². The van der Waals surface area contributed by atoms with Gasteiger partial charge in [0.2, 0.25) is 6.79 Å². The Bertz CT molecular complexity index is 987. The molecule has 1 fully saturated rings. The third-order valence-electron chi connectivity index (χ3n) is 5.65. The van der Waals surface area contributed by atoms with Crippen molar-refractivity contribution in [2.24, 2.45) is 0 Å². The number of rotatable bonds is 6. The molecule has 0 bridgehead atoms. The van der Waals surface area contributed by atoms with Gasteiger partial charge in [-0.05, 0) is 41.0 Å². The van der Waals surface area contributed by atoms with E-state index in [0.717, 1.165) is 49.0 Å². The van der Waals surface area contributed by atoms with Gasteiger partial charge in [-0.25, -0.2) is 0 Å². The van der Waals surface area contributed by atoms with Gasteiger partial charge in [-0.3, -0.25) is 4.90 Å². The summed E-state index contributed by atoms with van der Waals surface area (Å²) in [7, 11) is 0. The molecule has 154 valence electrons. The van der Waals surface area contributed by atoms with E-state index in [4.69, 9.17) is 14.2 Å². The lowest BCUT2D eigenvalue weighted by Gasteiger charge is -2.35. The second kappa shape index (κ2) is 8.78. The van der Waals surface area contributed by atoms with Crippen LogP contribution in [-0.2, 0) is 6.61 Å². The summed E-state index contributed by atoms with van der Waals surface area (Å²) in [4.78, 5) is 2.52. The van der Waals surface area contributed by atoms with Crippen LogP contribution in [0.15, 0.2) is 72.8 Å². The Hall–Kier alpha value is -3.02. The van der Waals surface area contributed by atoms with E-state index >= 15 is 0 Å². The fraction of sp³-hybridized carbons (Fsp3) is 0.280. The molecule has 2 aliphatic rings. The molecule has 0 saturated carbocycles. The summed E-state index contributed by atoms with van der Waals surface area (Å²) < 4.78 is 17.3. The number of ether oxygens (including phenoxy) is 3. The predicted molar refractivity (Wildman–Crippen MR) is 116 cm³/mol. The molecule has 5 rings (SSSR count). The van der Waals surface area contributed by atoms with Crippen LogP contribution in [0.25, 0.3) is 0 Å². The quantitative estimate of drug-likeness (QED) is 0.675. The van der Waals surface area contributed by atoms with Crippen molar-refractivity contribution < 1.29 is 14.2 Å². The van der Waals surface area contributed by atoms with Gasteiger partial charge in [-0.15, -0.1) is 0 Å². The van der Waals surface area contributed by atoms with Crippen LogP contribution in [0.1, 0.15) is 22.7 Å². The molecule has 1 saturated heterocycles. The first-order valence-corrected chi connectivity index (χ1v) is 10.5. The highest BCUT2D eigenvalue weighted by atomic mass is 16.7. The maximum Gasteiger partial charge on any atom is 0.231 e. The molecule has 2 aliphatic heterocycles. The molecule has 0 aromatic heterocycles. The lowest BCUT2D eigenvalue weighted by molar-refractivity contribution is 0.173. The highest BCUT2D eigenvalue weighted by Gasteiger charge is 2.26. The van der Waals surface area contributed by atoms with Gasteiger partial charge in [0.25, 0.3) is 0 Å². The smallest absolute Gasteiger partial charge is 0.231 e. The zero-order valence-electron chi connectivity index (χ0n) is 16.9. The monoisotopic (exact) mass is 402 g/mol. The predicted octanol–water partition coefficient (Wildman–Crippen LogP) is 3.99. The molecular formula is C25H26N2O3. The van der Waals surface area contributed by atoms with Crippen molar-refractivity contribution in [3.05, 3.63) is 89.5 Å². The van der Waals surface area contributed by atoms with Crippen LogP contribution in [0.5, 0.6) is 17.2 Å². The minimum atomic E-state index is 0.141. The number of hydrogen-bond acceptors (Lipinski definition) is 5. The normalized spacial score (nSPS) is 16.9. The molecule has 3 aromatic carbocycles. The minimum Gasteiger partial charge on any atom is -0.489 e. The van der Waals surface area contributed by atoms with Crippen LogP contribution < -0.4 is 19.5 Å². The van der Waals surface area contributed by atoms with E-state index in [0.29, 0.717) is 13.4 Å². The second-order valence-corrected chi connectivity index (χ2v) is 7.65. The number of nitrogens with zero attached hydrogens (tertiary/aromatic N) is 1. The largest absolute Gasteiger partial charge is 0.489 e. The topological polar surface area (TPSA) is 43.0 Å². The van der Waals surface area contributed by atoms with Gasteiger partial charge in [0, 0.05) is 26.2 Å². The highest BCUT2D eigenvalue weighted by molar-refractivity contribution is 5.48. The summed E-state index contributed by atoms with van der Waals surface area (Å²) in [6.07, 6.45) is 0. The van der Waals surface area contributed by atoms with Gasteiger partial charge in [-0.2, -0.15) is 0 Å². The van der Waals surface area contributed by atoms with E-state index in [9.17, 15) is 0 Å². The Morgan fingerprint density at radius 2 is 1.63 bits per heavy atom. The van der Waals surface area contributed by atoms with E-state index < -0.39 is 0 Å². The third-order valence-corrected chi connectivity index (χ3v) is 5.65. The molecule has 5 nitrogen and oxygen atoms in total. The van der Waals surface area contributed by atoms with Gasteiger partial charge >= 0.3 is 0 Å². The standard InChI is InChI=1S/C25H26N2O3/c1-2-5-19(6-3-1)17-28-22-8-4-7-20(15-22)25(27-13-11-26-12-14-27)21-9-10-23-24(16-21)30-18-29-23/h1-10,15-16,25-26H,11-14,17-18H2. The van der Waals surface area contributed by atoms with Gasteiger partial charge < -0.3 is 19.5 Å². The average molecular weight is 402 g/mol. The summed E-state index contributed by atoms with van der Waals surface area (Å²) in [5, 5.41) is 3.45. The summed E-state index contributed by atoms with van der Waals surface area (Å²) >= 11 is 0. The maximum atomic E-state index is 6.10. The number of hydrogen-bond donors (Lipinski definition) is 1. The molecule has 1 atom stereocenters. The number of nitrogens with one attached hydrogen (secondary N) is 1. The van der Waals surface area contributed by atoms with Crippen molar-refractivity contribution >= 4 is 0 Å². The van der Waals surface area contributed by atoms with Crippen molar-refractivity contribution in [1.82, 2.24) is 10.2 Å². The Labute approximate surface area is 177 Å². The Morgan fingerprint density at radius 3 is 2.50 bits per heavy atom. The zero-order valence-corrected chi connectivity index (χ0v) is 16.9. The molecule has 2 heterocycles. The van der Waals surface area contributed by atoms with E-state index in [2.05, 4.69) is 52.7 Å². The zero-order chi connectivity index (χ0) is 20.2. The van der Waals surface area contributed by atoms with Crippen molar-refractivity contribution in [2.45, 2.75) is 12.6 Å². The first kappa shape index (κ1) is 19.0. The lowest BCUT2D eigenvalue weighted by atomic mass is 9.95. The maximum absolute atomic E-state index is 6.10. The molecular weight excluding hydrogens is 376 g/mol. The second-order valence-electron chi connectivity index (χ2n) is 7.65. The number of piperazine rings is 1. The molecule has 0 amide bonds. The first-order chi connectivity index (χ1) is 14.9. The Balaban J connectivity index is 1.43. The van der Waals surface area contributed by atoms with Crippen molar-refractivity contribution in [3.63, 3.8) is 0 Å². The van der Waals surface area contributed by atoms with Crippen molar-refractivity contribution in [3.8, 4) is 17.2 Å². The lowest BCUT2D eigenvalue weighted by Crippen LogP contribution is -2.45. The van der Waals surface area contributed by atoms with Gasteiger partial charge in [0.1, 0.15) is 12.4 Å².